The van der Waals surface area contributed by atoms with E-state index in [1.54, 1.807) is 27.7 Å². The lowest BCUT2D eigenvalue weighted by Gasteiger charge is -2.33. The smallest absolute Gasteiger partial charge is 0.408 e. The molecule has 2 amide bonds. The zero-order chi connectivity index (χ0) is 17.9. The average molecular weight is 342 g/mol. The molecular weight excluding hydrogens is 316 g/mol. The topological polar surface area (TPSA) is 86.3 Å². The van der Waals surface area contributed by atoms with E-state index in [1.807, 2.05) is 13.8 Å². The Hall–Kier alpha value is -1.38. The van der Waals surface area contributed by atoms with Crippen LogP contribution in [0.1, 0.15) is 48.0 Å². The van der Waals surface area contributed by atoms with E-state index >= 15 is 0 Å². The molecule has 2 saturated heterocycles. The summed E-state index contributed by atoms with van der Waals surface area (Å²) in [6, 6.07) is -0.954. The summed E-state index contributed by atoms with van der Waals surface area (Å²) in [7, 11) is 0. The highest BCUT2D eigenvalue weighted by Crippen LogP contribution is 2.46. The number of fused-ring (bicyclic) bond motifs is 5. The first-order valence-electron chi connectivity index (χ1n) is 8.32. The van der Waals surface area contributed by atoms with Crippen LogP contribution in [-0.4, -0.2) is 58.8 Å². The number of carbonyl (C=O) groups is 2. The standard InChI is InChI=1S/C16H26N2O6/c1-8(17-14(20)23-15(2,3)4)13(19)18-9-7-10(24-18)12-11(9)21-16(5,6)22-12/h8-12H,7H2,1-6H3,(H,17,20)/t8-,9?,10?,11?,12?/m1/s1. The van der Waals surface area contributed by atoms with Crippen molar-refractivity contribution in [1.82, 2.24) is 10.4 Å². The molecule has 1 N–H and O–H groups in total. The first-order chi connectivity index (χ1) is 11.0. The molecule has 4 unspecified atom stereocenters. The third-order valence-electron chi connectivity index (χ3n) is 4.25. The van der Waals surface area contributed by atoms with Crippen LogP contribution in [0.2, 0.25) is 0 Å². The number of hydroxylamine groups is 2. The highest BCUT2D eigenvalue weighted by Gasteiger charge is 2.62. The number of carbonyl (C=O) groups excluding carboxylic acids is 2. The molecule has 0 radical (unpaired) electrons. The summed E-state index contributed by atoms with van der Waals surface area (Å²) in [5, 5.41) is 3.88. The molecule has 0 spiro atoms. The summed E-state index contributed by atoms with van der Waals surface area (Å²) in [5.41, 5.74) is -0.621. The Kier molecular flexibility index (Phi) is 4.05. The molecule has 3 fully saturated rings. The monoisotopic (exact) mass is 342 g/mol. The maximum absolute atomic E-state index is 12.6. The molecule has 2 aliphatic heterocycles. The van der Waals surface area contributed by atoms with E-state index in [-0.39, 0.29) is 30.3 Å². The molecule has 8 nitrogen and oxygen atoms in total. The van der Waals surface area contributed by atoms with Gasteiger partial charge in [0.05, 0.1) is 6.04 Å². The Morgan fingerprint density at radius 3 is 2.50 bits per heavy atom. The Balaban J connectivity index is 1.60. The second-order valence-electron chi connectivity index (χ2n) is 8.04. The number of ether oxygens (including phenoxy) is 3. The van der Waals surface area contributed by atoms with Crippen LogP contribution in [0.5, 0.6) is 0 Å². The molecular formula is C16H26N2O6. The summed E-state index contributed by atoms with van der Waals surface area (Å²) >= 11 is 0. The van der Waals surface area contributed by atoms with Crippen molar-refractivity contribution in [2.24, 2.45) is 0 Å². The quantitative estimate of drug-likeness (QED) is 0.815. The zero-order valence-corrected chi connectivity index (χ0v) is 15.0. The molecule has 3 rings (SSSR count). The largest absolute Gasteiger partial charge is 0.444 e. The van der Waals surface area contributed by atoms with Crippen LogP contribution in [-0.2, 0) is 23.8 Å². The van der Waals surface area contributed by atoms with Gasteiger partial charge in [0.1, 0.15) is 30.0 Å². The highest BCUT2D eigenvalue weighted by atomic mass is 16.8. The maximum Gasteiger partial charge on any atom is 0.408 e. The minimum atomic E-state index is -0.756. The lowest BCUT2D eigenvalue weighted by Crippen LogP contribution is -2.55. The van der Waals surface area contributed by atoms with Crippen LogP contribution in [0, 0.1) is 0 Å². The molecule has 1 saturated carbocycles. The lowest BCUT2D eigenvalue weighted by atomic mass is 10.1. The Labute approximate surface area is 141 Å². The molecule has 2 bridgehead atoms. The number of hydrogen-bond donors (Lipinski definition) is 1. The van der Waals surface area contributed by atoms with Crippen LogP contribution in [0.3, 0.4) is 0 Å². The van der Waals surface area contributed by atoms with E-state index in [1.165, 1.54) is 5.06 Å². The van der Waals surface area contributed by atoms with Crippen LogP contribution in [0.25, 0.3) is 0 Å². The van der Waals surface area contributed by atoms with Gasteiger partial charge in [0.15, 0.2) is 5.79 Å². The molecule has 2 heterocycles. The molecule has 136 valence electrons. The Morgan fingerprint density at radius 1 is 1.25 bits per heavy atom. The minimum Gasteiger partial charge on any atom is -0.444 e. The van der Waals surface area contributed by atoms with Gasteiger partial charge in [-0.2, -0.15) is 0 Å². The normalized spacial score (nSPS) is 34.8. The fourth-order valence-corrected chi connectivity index (χ4v) is 3.42. The summed E-state index contributed by atoms with van der Waals surface area (Å²) in [6.07, 6.45) is -0.498. The van der Waals surface area contributed by atoms with E-state index in [2.05, 4.69) is 5.32 Å². The third kappa shape index (κ3) is 3.22. The summed E-state index contributed by atoms with van der Waals surface area (Å²) in [6.45, 7) is 10.6. The number of nitrogens with zero attached hydrogens (tertiary/aromatic N) is 1. The van der Waals surface area contributed by atoms with Gasteiger partial charge in [-0.25, -0.2) is 9.86 Å². The van der Waals surface area contributed by atoms with E-state index in [9.17, 15) is 9.59 Å². The first kappa shape index (κ1) is 17.4. The van der Waals surface area contributed by atoms with Gasteiger partial charge >= 0.3 is 6.09 Å². The van der Waals surface area contributed by atoms with Gasteiger partial charge in [-0.1, -0.05) is 0 Å². The van der Waals surface area contributed by atoms with E-state index in [0.717, 1.165) is 0 Å². The van der Waals surface area contributed by atoms with E-state index in [0.29, 0.717) is 6.42 Å². The molecule has 0 aromatic heterocycles. The molecule has 5 atom stereocenters. The van der Waals surface area contributed by atoms with Crippen molar-refractivity contribution >= 4 is 12.0 Å². The van der Waals surface area contributed by atoms with Gasteiger partial charge in [0.2, 0.25) is 0 Å². The van der Waals surface area contributed by atoms with Gasteiger partial charge in [0.25, 0.3) is 5.91 Å². The first-order valence-corrected chi connectivity index (χ1v) is 8.32. The minimum absolute atomic E-state index is 0.150. The molecule has 8 heteroatoms. The number of amides is 2. The van der Waals surface area contributed by atoms with E-state index in [4.69, 9.17) is 19.0 Å². The van der Waals surface area contributed by atoms with Gasteiger partial charge < -0.3 is 19.5 Å². The fourth-order valence-electron chi connectivity index (χ4n) is 3.42. The van der Waals surface area contributed by atoms with Crippen LogP contribution in [0.4, 0.5) is 4.79 Å². The predicted octanol–water partition coefficient (Wildman–Crippen LogP) is 1.33. The molecule has 0 aromatic rings. The van der Waals surface area contributed by atoms with Crippen molar-refractivity contribution in [3.05, 3.63) is 0 Å². The molecule has 24 heavy (non-hydrogen) atoms. The Bertz CT molecular complexity index is 543. The van der Waals surface area contributed by atoms with Crippen molar-refractivity contribution < 1.29 is 28.6 Å². The summed E-state index contributed by atoms with van der Waals surface area (Å²) < 4.78 is 16.9. The lowest BCUT2D eigenvalue weighted by molar-refractivity contribution is -0.224. The van der Waals surface area contributed by atoms with Crippen LogP contribution < -0.4 is 5.32 Å². The van der Waals surface area contributed by atoms with Gasteiger partial charge in [-0.15, -0.1) is 0 Å². The highest BCUT2D eigenvalue weighted by molar-refractivity contribution is 5.85. The van der Waals surface area contributed by atoms with Crippen LogP contribution >= 0.6 is 0 Å². The summed E-state index contributed by atoms with van der Waals surface area (Å²) in [5.74, 6) is -0.991. The number of nitrogens with one attached hydrogen (secondary N) is 1. The maximum atomic E-state index is 12.6. The average Bonchev–Trinajstić information content (AvgIpc) is 3.03. The fraction of sp³-hybridized carbons (Fsp3) is 0.875. The van der Waals surface area contributed by atoms with Gasteiger partial charge in [0, 0.05) is 6.42 Å². The van der Waals surface area contributed by atoms with E-state index < -0.39 is 23.5 Å². The SMILES string of the molecule is C[C@@H](NC(=O)OC(C)(C)C)C(=O)N1OC2CC1C1OC(C)(C)OC21. The van der Waals surface area contributed by atoms with Crippen molar-refractivity contribution in [3.63, 3.8) is 0 Å². The second-order valence-corrected chi connectivity index (χ2v) is 8.04. The molecule has 1 aliphatic carbocycles. The van der Waals surface area contributed by atoms with Crippen molar-refractivity contribution in [2.45, 2.75) is 89.7 Å². The Morgan fingerprint density at radius 2 is 1.88 bits per heavy atom. The van der Waals surface area contributed by atoms with Gasteiger partial charge in [-0.3, -0.25) is 9.63 Å². The number of alkyl carbamates (subject to hydrolysis) is 1. The number of hydrogen-bond acceptors (Lipinski definition) is 6. The second kappa shape index (κ2) is 5.57. The van der Waals surface area contributed by atoms with Crippen LogP contribution in [0.15, 0.2) is 0 Å². The third-order valence-corrected chi connectivity index (χ3v) is 4.25. The van der Waals surface area contributed by atoms with Crippen molar-refractivity contribution in [1.29, 1.82) is 0 Å². The van der Waals surface area contributed by atoms with Crippen molar-refractivity contribution in [3.8, 4) is 0 Å². The predicted molar refractivity (Wildman–Crippen MR) is 82.8 cm³/mol. The van der Waals surface area contributed by atoms with Crippen molar-refractivity contribution in [2.75, 3.05) is 0 Å². The zero-order valence-electron chi connectivity index (χ0n) is 15.0. The molecule has 0 aromatic carbocycles. The molecule has 3 aliphatic rings. The van der Waals surface area contributed by atoms with Gasteiger partial charge in [-0.05, 0) is 41.5 Å². The summed E-state index contributed by atoms with van der Waals surface area (Å²) in [4.78, 5) is 30.2. The number of rotatable bonds is 2.